The average molecular weight is 357 g/mol. The number of hydrogen-bond acceptors (Lipinski definition) is 8. The fraction of sp³-hybridized carbons (Fsp3) is 0.824. The van der Waals surface area contributed by atoms with Crippen LogP contribution in [0.15, 0.2) is 0 Å². The number of carbonyl (C=O) groups excluding carboxylic acids is 3. The largest absolute Gasteiger partial charge is 0.462 e. The van der Waals surface area contributed by atoms with Crippen LogP contribution in [0.5, 0.6) is 0 Å². The molecule has 25 heavy (non-hydrogen) atoms. The maximum absolute atomic E-state index is 12.6. The standard InChI is InChI=1S/C17H27NO7/c1-10(24-11(2)19)17(4,25-12(3)20)16(22)23-9-13-5-7-18-8-6-14(21)15(13)18/h10,13-15,21H,5-9H2,1-4H3/t10?,13-,14-,15?,17?/m1/s1. The highest BCUT2D eigenvalue weighted by molar-refractivity contribution is 5.83. The minimum absolute atomic E-state index is 0.00123. The molecule has 0 aromatic heterocycles. The Morgan fingerprint density at radius 1 is 1.20 bits per heavy atom. The monoisotopic (exact) mass is 357 g/mol. The van der Waals surface area contributed by atoms with Gasteiger partial charge in [-0.05, 0) is 33.2 Å². The van der Waals surface area contributed by atoms with Crippen molar-refractivity contribution in [3.05, 3.63) is 0 Å². The molecule has 0 bridgehead atoms. The Kier molecular flexibility index (Phi) is 6.05. The molecule has 2 aliphatic heterocycles. The van der Waals surface area contributed by atoms with Crippen molar-refractivity contribution in [1.82, 2.24) is 4.90 Å². The summed E-state index contributed by atoms with van der Waals surface area (Å²) in [4.78, 5) is 37.4. The van der Waals surface area contributed by atoms with E-state index in [1.165, 1.54) is 27.7 Å². The second kappa shape index (κ2) is 7.70. The summed E-state index contributed by atoms with van der Waals surface area (Å²) in [5.41, 5.74) is -1.72. The summed E-state index contributed by atoms with van der Waals surface area (Å²) in [6, 6.07) is -0.00123. The zero-order chi connectivity index (χ0) is 18.8. The third kappa shape index (κ3) is 4.30. The van der Waals surface area contributed by atoms with Crippen molar-refractivity contribution in [3.63, 3.8) is 0 Å². The molecule has 2 heterocycles. The van der Waals surface area contributed by atoms with Gasteiger partial charge in [0.05, 0.1) is 12.7 Å². The number of hydrogen-bond donors (Lipinski definition) is 1. The summed E-state index contributed by atoms with van der Waals surface area (Å²) in [5, 5.41) is 10.1. The predicted molar refractivity (Wildman–Crippen MR) is 86.4 cm³/mol. The van der Waals surface area contributed by atoms with Gasteiger partial charge in [0.2, 0.25) is 5.60 Å². The van der Waals surface area contributed by atoms with E-state index in [1.807, 2.05) is 0 Å². The van der Waals surface area contributed by atoms with Gasteiger partial charge in [0.1, 0.15) is 6.10 Å². The van der Waals surface area contributed by atoms with E-state index in [9.17, 15) is 19.5 Å². The van der Waals surface area contributed by atoms with Gasteiger partial charge >= 0.3 is 17.9 Å². The Balaban J connectivity index is 2.01. The highest BCUT2D eigenvalue weighted by Crippen LogP contribution is 2.33. The fourth-order valence-electron chi connectivity index (χ4n) is 3.70. The van der Waals surface area contributed by atoms with Gasteiger partial charge in [0.15, 0.2) is 0 Å². The molecule has 2 fully saturated rings. The Labute approximate surface area is 147 Å². The highest BCUT2D eigenvalue weighted by atomic mass is 16.6. The van der Waals surface area contributed by atoms with Gasteiger partial charge < -0.3 is 19.3 Å². The molecule has 1 N–H and O–H groups in total. The zero-order valence-corrected chi connectivity index (χ0v) is 15.2. The van der Waals surface area contributed by atoms with Crippen LogP contribution < -0.4 is 0 Å². The number of aliphatic hydroxyl groups excluding tert-OH is 1. The van der Waals surface area contributed by atoms with Crippen molar-refractivity contribution in [2.45, 2.75) is 64.4 Å². The minimum Gasteiger partial charge on any atom is -0.462 e. The number of esters is 3. The smallest absolute Gasteiger partial charge is 0.354 e. The Hall–Kier alpha value is -1.67. The van der Waals surface area contributed by atoms with E-state index in [0.29, 0.717) is 0 Å². The summed E-state index contributed by atoms with van der Waals surface area (Å²) >= 11 is 0. The molecule has 2 saturated heterocycles. The summed E-state index contributed by atoms with van der Waals surface area (Å²) in [6.45, 7) is 7.08. The first-order valence-corrected chi connectivity index (χ1v) is 8.61. The molecule has 2 aliphatic rings. The van der Waals surface area contributed by atoms with Gasteiger partial charge in [-0.15, -0.1) is 0 Å². The summed E-state index contributed by atoms with van der Waals surface area (Å²) in [5.74, 6) is -1.98. The van der Waals surface area contributed by atoms with Crippen LogP contribution in [0, 0.1) is 5.92 Å². The zero-order valence-electron chi connectivity index (χ0n) is 15.2. The van der Waals surface area contributed by atoms with E-state index in [2.05, 4.69) is 4.90 Å². The van der Waals surface area contributed by atoms with Gasteiger partial charge in [0, 0.05) is 32.4 Å². The number of aliphatic hydroxyl groups is 1. The molecule has 0 spiro atoms. The third-order valence-electron chi connectivity index (χ3n) is 5.11. The Bertz CT molecular complexity index is 537. The molecular formula is C17H27NO7. The lowest BCUT2D eigenvalue weighted by Crippen LogP contribution is -2.52. The summed E-state index contributed by atoms with van der Waals surface area (Å²) < 4.78 is 15.6. The number of carbonyl (C=O) groups is 3. The van der Waals surface area contributed by atoms with Gasteiger partial charge in [-0.2, -0.15) is 0 Å². The van der Waals surface area contributed by atoms with Crippen LogP contribution in [-0.4, -0.2) is 71.5 Å². The lowest BCUT2D eigenvalue weighted by atomic mass is 9.96. The molecule has 8 heteroatoms. The molecular weight excluding hydrogens is 330 g/mol. The van der Waals surface area contributed by atoms with Crippen LogP contribution >= 0.6 is 0 Å². The van der Waals surface area contributed by atoms with Crippen molar-refractivity contribution in [3.8, 4) is 0 Å². The van der Waals surface area contributed by atoms with Crippen LogP contribution in [-0.2, 0) is 28.6 Å². The van der Waals surface area contributed by atoms with Crippen LogP contribution in [0.3, 0.4) is 0 Å². The predicted octanol–water partition coefficient (Wildman–Crippen LogP) is 0.258. The molecule has 3 unspecified atom stereocenters. The Morgan fingerprint density at radius 2 is 1.84 bits per heavy atom. The quantitative estimate of drug-likeness (QED) is 0.533. The molecule has 0 radical (unpaired) electrons. The number of rotatable bonds is 6. The van der Waals surface area contributed by atoms with Crippen LogP contribution in [0.2, 0.25) is 0 Å². The van der Waals surface area contributed by atoms with E-state index in [1.54, 1.807) is 0 Å². The first kappa shape index (κ1) is 19.7. The molecule has 0 aromatic rings. The molecule has 2 rings (SSSR count). The number of fused-ring (bicyclic) bond motifs is 1. The van der Waals surface area contributed by atoms with Crippen molar-refractivity contribution < 1.29 is 33.7 Å². The topological polar surface area (TPSA) is 102 Å². The molecule has 0 aliphatic carbocycles. The third-order valence-corrected chi connectivity index (χ3v) is 5.11. The lowest BCUT2D eigenvalue weighted by Gasteiger charge is -2.32. The molecule has 142 valence electrons. The van der Waals surface area contributed by atoms with Gasteiger partial charge in [-0.1, -0.05) is 0 Å². The molecule has 8 nitrogen and oxygen atoms in total. The first-order valence-electron chi connectivity index (χ1n) is 8.61. The lowest BCUT2D eigenvalue weighted by molar-refractivity contribution is -0.198. The van der Waals surface area contributed by atoms with Gasteiger partial charge in [0.25, 0.3) is 0 Å². The summed E-state index contributed by atoms with van der Waals surface area (Å²) in [7, 11) is 0. The van der Waals surface area contributed by atoms with Gasteiger partial charge in [-0.3, -0.25) is 14.5 Å². The van der Waals surface area contributed by atoms with Crippen molar-refractivity contribution in [1.29, 1.82) is 0 Å². The Morgan fingerprint density at radius 3 is 2.44 bits per heavy atom. The van der Waals surface area contributed by atoms with Crippen LogP contribution in [0.25, 0.3) is 0 Å². The molecule has 5 atom stereocenters. The molecule has 0 aromatic carbocycles. The van der Waals surface area contributed by atoms with E-state index in [4.69, 9.17) is 14.2 Å². The van der Waals surface area contributed by atoms with E-state index >= 15 is 0 Å². The normalized spacial score (nSPS) is 29.4. The maximum atomic E-state index is 12.6. The van der Waals surface area contributed by atoms with E-state index < -0.39 is 35.7 Å². The van der Waals surface area contributed by atoms with Gasteiger partial charge in [-0.25, -0.2) is 4.79 Å². The molecule has 0 amide bonds. The van der Waals surface area contributed by atoms with Crippen molar-refractivity contribution in [2.24, 2.45) is 5.92 Å². The second-order valence-corrected chi connectivity index (χ2v) is 6.98. The number of ether oxygens (including phenoxy) is 3. The fourth-order valence-corrected chi connectivity index (χ4v) is 3.70. The van der Waals surface area contributed by atoms with Crippen LogP contribution in [0.1, 0.15) is 40.5 Å². The van der Waals surface area contributed by atoms with Crippen molar-refractivity contribution in [2.75, 3.05) is 19.7 Å². The maximum Gasteiger partial charge on any atom is 0.354 e. The SMILES string of the molecule is CC(=O)OC(C)C(C)(OC(C)=O)C(=O)OC[C@H]1CCN2CC[C@@H](O)C12. The van der Waals surface area contributed by atoms with E-state index in [-0.39, 0.29) is 18.6 Å². The highest BCUT2D eigenvalue weighted by Gasteiger charge is 2.48. The van der Waals surface area contributed by atoms with E-state index in [0.717, 1.165) is 25.9 Å². The molecule has 0 saturated carbocycles. The second-order valence-electron chi connectivity index (χ2n) is 6.98. The average Bonchev–Trinajstić information content (AvgIpc) is 3.06. The number of nitrogens with zero attached hydrogens (tertiary/aromatic N) is 1. The van der Waals surface area contributed by atoms with Crippen LogP contribution in [0.4, 0.5) is 0 Å². The van der Waals surface area contributed by atoms with Crippen molar-refractivity contribution >= 4 is 17.9 Å². The minimum atomic E-state index is -1.72. The summed E-state index contributed by atoms with van der Waals surface area (Å²) in [6.07, 6.45) is 0.160. The first-order chi connectivity index (χ1) is 11.6.